The van der Waals surface area contributed by atoms with Crippen molar-refractivity contribution < 1.29 is 30.5 Å². The summed E-state index contributed by atoms with van der Waals surface area (Å²) in [6.07, 6.45) is 14.0. The molecule has 43 heavy (non-hydrogen) atoms. The molecule has 0 aromatic heterocycles. The molecule has 0 radical (unpaired) electrons. The molecule has 0 bridgehead atoms. The van der Waals surface area contributed by atoms with Crippen LogP contribution in [0, 0.1) is 0 Å². The number of anilines is 1. The van der Waals surface area contributed by atoms with Crippen molar-refractivity contribution in [2.75, 3.05) is 18.0 Å². The minimum Gasteiger partial charge on any atom is -0.344 e. The Balaban J connectivity index is 1.69. The lowest BCUT2D eigenvalue weighted by Crippen LogP contribution is -2.28. The van der Waals surface area contributed by atoms with Gasteiger partial charge in [0.2, 0.25) is 5.69 Å². The summed E-state index contributed by atoms with van der Waals surface area (Å²) >= 11 is 0. The first-order chi connectivity index (χ1) is 20.0. The molecule has 2 aromatic rings. The molecular formula is C33H43N2O6S2+. The van der Waals surface area contributed by atoms with E-state index in [0.717, 1.165) is 72.7 Å². The highest BCUT2D eigenvalue weighted by molar-refractivity contribution is 7.86. The molecule has 232 valence electrons. The topological polar surface area (TPSA) is 115 Å². The van der Waals surface area contributed by atoms with E-state index in [-0.39, 0.29) is 9.79 Å². The molecule has 0 saturated carbocycles. The third-order valence-corrected chi connectivity index (χ3v) is 10.2. The van der Waals surface area contributed by atoms with E-state index in [1.807, 2.05) is 18.2 Å². The highest BCUT2D eigenvalue weighted by atomic mass is 32.2. The number of unbranched alkanes of at least 4 members (excludes halogenated alkanes) is 2. The van der Waals surface area contributed by atoms with Crippen molar-refractivity contribution in [3.8, 4) is 0 Å². The van der Waals surface area contributed by atoms with Crippen LogP contribution < -0.4 is 4.90 Å². The summed E-state index contributed by atoms with van der Waals surface area (Å²) in [5.74, 6) is 0. The minimum absolute atomic E-state index is 0.108. The zero-order chi connectivity index (χ0) is 31.8. The number of benzene rings is 2. The van der Waals surface area contributed by atoms with Crippen LogP contribution >= 0.6 is 0 Å². The smallest absolute Gasteiger partial charge is 0.294 e. The van der Waals surface area contributed by atoms with E-state index in [2.05, 4.69) is 63.2 Å². The molecular weight excluding hydrogens is 585 g/mol. The SMILES string of the molecule is CCCCN1/C(=C/C=C/C=C/C2=[N+](CCCC)c3ccc(S(=O)(=O)O)cc3C2(C)C)C(C)(C)c2cc(S(=O)(=O)O)ccc21. The maximum Gasteiger partial charge on any atom is 0.294 e. The molecule has 2 aliphatic rings. The number of hydrogen-bond acceptors (Lipinski definition) is 5. The van der Waals surface area contributed by atoms with Gasteiger partial charge in [-0.1, -0.05) is 58.8 Å². The molecule has 0 unspecified atom stereocenters. The zero-order valence-electron chi connectivity index (χ0n) is 25.8. The lowest BCUT2D eigenvalue weighted by atomic mass is 9.81. The Hall–Kier alpha value is -3.05. The fraction of sp³-hybridized carbons (Fsp3) is 0.424. The molecule has 2 aromatic carbocycles. The monoisotopic (exact) mass is 627 g/mol. The van der Waals surface area contributed by atoms with Crippen LogP contribution in [-0.4, -0.2) is 49.3 Å². The van der Waals surface area contributed by atoms with Crippen LogP contribution in [0.5, 0.6) is 0 Å². The molecule has 0 spiro atoms. The Morgan fingerprint density at radius 2 is 1.40 bits per heavy atom. The molecule has 0 aliphatic carbocycles. The third-order valence-electron chi connectivity index (χ3n) is 8.52. The average Bonchev–Trinajstić information content (AvgIpc) is 3.27. The van der Waals surface area contributed by atoms with Crippen molar-refractivity contribution in [3.05, 3.63) is 83.6 Å². The predicted molar refractivity (Wildman–Crippen MR) is 172 cm³/mol. The van der Waals surface area contributed by atoms with E-state index in [9.17, 15) is 25.9 Å². The highest BCUT2D eigenvalue weighted by Gasteiger charge is 2.45. The first kappa shape index (κ1) is 32.9. The first-order valence-corrected chi connectivity index (χ1v) is 17.6. The van der Waals surface area contributed by atoms with Gasteiger partial charge in [0.05, 0.1) is 15.2 Å². The van der Waals surface area contributed by atoms with Crippen molar-refractivity contribution in [3.63, 3.8) is 0 Å². The van der Waals surface area contributed by atoms with Gasteiger partial charge in [0, 0.05) is 47.5 Å². The normalized spacial score (nSPS) is 18.8. The van der Waals surface area contributed by atoms with Crippen LogP contribution in [0.1, 0.15) is 78.4 Å². The number of nitrogens with zero attached hydrogens (tertiary/aromatic N) is 2. The highest BCUT2D eigenvalue weighted by Crippen LogP contribution is 2.48. The van der Waals surface area contributed by atoms with Crippen LogP contribution in [0.3, 0.4) is 0 Å². The maximum absolute atomic E-state index is 11.9. The van der Waals surface area contributed by atoms with Crippen LogP contribution in [-0.2, 0) is 31.1 Å². The van der Waals surface area contributed by atoms with E-state index < -0.39 is 31.1 Å². The van der Waals surface area contributed by atoms with Crippen molar-refractivity contribution in [1.29, 1.82) is 0 Å². The Morgan fingerprint density at radius 1 is 0.791 bits per heavy atom. The molecule has 0 fully saturated rings. The van der Waals surface area contributed by atoms with Crippen LogP contribution in [0.2, 0.25) is 0 Å². The Kier molecular flexibility index (Phi) is 9.28. The Morgan fingerprint density at radius 3 is 2.00 bits per heavy atom. The quantitative estimate of drug-likeness (QED) is 0.157. The minimum atomic E-state index is -4.32. The number of fused-ring (bicyclic) bond motifs is 2. The second-order valence-electron chi connectivity index (χ2n) is 12.2. The fourth-order valence-electron chi connectivity index (χ4n) is 6.10. The molecule has 2 N–H and O–H groups in total. The molecule has 0 amide bonds. The fourth-order valence-corrected chi connectivity index (χ4v) is 7.12. The van der Waals surface area contributed by atoms with E-state index >= 15 is 0 Å². The summed E-state index contributed by atoms with van der Waals surface area (Å²) in [6, 6.07) is 9.59. The molecule has 10 heteroatoms. The summed E-state index contributed by atoms with van der Waals surface area (Å²) in [6.45, 7) is 14.1. The van der Waals surface area contributed by atoms with Gasteiger partial charge in [-0.2, -0.15) is 21.4 Å². The van der Waals surface area contributed by atoms with Crippen molar-refractivity contribution in [2.45, 2.75) is 87.8 Å². The molecule has 2 heterocycles. The number of rotatable bonds is 11. The van der Waals surface area contributed by atoms with Crippen molar-refractivity contribution in [1.82, 2.24) is 0 Å². The van der Waals surface area contributed by atoms with Gasteiger partial charge < -0.3 is 4.90 Å². The van der Waals surface area contributed by atoms with Gasteiger partial charge in [-0.25, -0.2) is 0 Å². The molecule has 0 saturated heterocycles. The van der Waals surface area contributed by atoms with Gasteiger partial charge in [0.15, 0.2) is 5.71 Å². The third kappa shape index (κ3) is 6.43. The maximum atomic E-state index is 11.9. The van der Waals surface area contributed by atoms with Gasteiger partial charge in [0.1, 0.15) is 6.54 Å². The molecule has 4 rings (SSSR count). The lowest BCUT2D eigenvalue weighted by molar-refractivity contribution is -0.438. The molecule has 2 aliphatic heterocycles. The summed E-state index contributed by atoms with van der Waals surface area (Å²) in [5, 5.41) is 0. The van der Waals surface area contributed by atoms with Crippen LogP contribution in [0.15, 0.2) is 82.3 Å². The van der Waals surface area contributed by atoms with Gasteiger partial charge in [-0.05, 0) is 62.2 Å². The summed E-state index contributed by atoms with van der Waals surface area (Å²) in [5.41, 5.74) is 4.70. The zero-order valence-corrected chi connectivity index (χ0v) is 27.5. The number of hydrogen-bond donors (Lipinski definition) is 2. The van der Waals surface area contributed by atoms with Gasteiger partial charge in [-0.15, -0.1) is 0 Å². The number of allylic oxidation sites excluding steroid dienone is 6. The average molecular weight is 628 g/mol. The van der Waals surface area contributed by atoms with Crippen LogP contribution in [0.4, 0.5) is 11.4 Å². The summed E-state index contributed by atoms with van der Waals surface area (Å²) in [4.78, 5) is 2.01. The Bertz CT molecular complexity index is 1750. The predicted octanol–water partition coefficient (Wildman–Crippen LogP) is 6.95. The second kappa shape index (κ2) is 12.1. The summed E-state index contributed by atoms with van der Waals surface area (Å²) < 4.78 is 68.9. The van der Waals surface area contributed by atoms with Crippen molar-refractivity contribution in [2.24, 2.45) is 0 Å². The van der Waals surface area contributed by atoms with E-state index in [4.69, 9.17) is 0 Å². The van der Waals surface area contributed by atoms with E-state index in [0.29, 0.717) is 0 Å². The van der Waals surface area contributed by atoms with Gasteiger partial charge >= 0.3 is 0 Å². The molecule has 8 nitrogen and oxygen atoms in total. The van der Waals surface area contributed by atoms with Gasteiger partial charge in [-0.3, -0.25) is 9.11 Å². The first-order valence-electron chi connectivity index (χ1n) is 14.8. The lowest BCUT2D eigenvalue weighted by Gasteiger charge is -2.27. The molecule has 0 atom stereocenters. The van der Waals surface area contributed by atoms with Gasteiger partial charge in [0.25, 0.3) is 20.2 Å². The standard InChI is InChI=1S/C33H42N2O6S2/c1-7-9-20-34-28-18-16-24(42(36,37)38)22-26(28)32(3,4)30(34)14-12-11-13-15-31-33(5,6)27-23-25(43(39,40)41)17-19-29(27)35(31)21-10-8-2/h11-19,22-23H,7-10,20-21H2,1-6H3,(H-,36,37,38,39,40,41)/p+1. The largest absolute Gasteiger partial charge is 0.344 e. The summed E-state index contributed by atoms with van der Waals surface area (Å²) in [7, 11) is -8.64. The van der Waals surface area contributed by atoms with E-state index in [1.165, 1.54) is 12.1 Å². The van der Waals surface area contributed by atoms with Crippen molar-refractivity contribution >= 4 is 37.3 Å². The van der Waals surface area contributed by atoms with E-state index in [1.54, 1.807) is 24.3 Å². The van der Waals surface area contributed by atoms with Crippen LogP contribution in [0.25, 0.3) is 0 Å². The Labute approximate surface area is 256 Å². The second-order valence-corrected chi connectivity index (χ2v) is 15.1.